The Kier molecular flexibility index (Phi) is 2.83. The molecule has 2 nitrogen and oxygen atoms in total. The van der Waals surface area contributed by atoms with Crippen molar-refractivity contribution in [3.05, 3.63) is 28.5 Å². The number of aromatic nitrogens is 2. The van der Waals surface area contributed by atoms with Crippen molar-refractivity contribution in [1.29, 1.82) is 0 Å². The minimum atomic E-state index is 0.468. The third kappa shape index (κ3) is 1.81. The number of halogens is 1. The van der Waals surface area contributed by atoms with E-state index >= 15 is 0 Å². The Hall–Kier alpha value is -0.830. The summed E-state index contributed by atoms with van der Waals surface area (Å²) < 4.78 is 3.35. The van der Waals surface area contributed by atoms with Gasteiger partial charge in [0.15, 0.2) is 0 Å². The summed E-state index contributed by atoms with van der Waals surface area (Å²) in [6, 6.07) is 4.20. The number of fused-ring (bicyclic) bond motifs is 1. The average Bonchev–Trinajstić information content (AvgIpc) is 2.60. The van der Waals surface area contributed by atoms with E-state index in [2.05, 4.69) is 64.6 Å². The van der Waals surface area contributed by atoms with Gasteiger partial charge in [0.1, 0.15) is 0 Å². The van der Waals surface area contributed by atoms with Crippen molar-refractivity contribution in [3.8, 4) is 0 Å². The van der Waals surface area contributed by atoms with Crippen molar-refractivity contribution in [3.63, 3.8) is 0 Å². The molecule has 0 fully saturated rings. The van der Waals surface area contributed by atoms with Gasteiger partial charge in [0.05, 0.1) is 11.0 Å². The Morgan fingerprint density at radius 2 is 2.20 bits per heavy atom. The van der Waals surface area contributed by atoms with E-state index in [0.29, 0.717) is 5.92 Å². The molecule has 0 aliphatic carbocycles. The van der Waals surface area contributed by atoms with Crippen molar-refractivity contribution < 1.29 is 0 Å². The van der Waals surface area contributed by atoms with Crippen LogP contribution in [0.15, 0.2) is 22.8 Å². The maximum Gasteiger partial charge on any atom is 0.0896 e. The highest BCUT2D eigenvalue weighted by atomic mass is 79.9. The molecule has 2 rings (SSSR count). The second kappa shape index (κ2) is 3.97. The SMILES string of the molecule is CCn1ccc2nc(C(C)C)cc(Br)c21. The Labute approximate surface area is 98.4 Å². The van der Waals surface area contributed by atoms with Crippen LogP contribution < -0.4 is 0 Å². The van der Waals surface area contributed by atoms with E-state index in [-0.39, 0.29) is 0 Å². The lowest BCUT2D eigenvalue weighted by Crippen LogP contribution is -1.96. The molecule has 0 saturated carbocycles. The van der Waals surface area contributed by atoms with E-state index in [1.807, 2.05) is 0 Å². The first-order valence-electron chi connectivity index (χ1n) is 5.28. The molecular weight excluding hydrogens is 252 g/mol. The summed E-state index contributed by atoms with van der Waals surface area (Å²) in [5.74, 6) is 0.468. The summed E-state index contributed by atoms with van der Waals surface area (Å²) >= 11 is 3.63. The fraction of sp³-hybridized carbons (Fsp3) is 0.417. The first-order chi connectivity index (χ1) is 7.13. The normalized spacial score (nSPS) is 11.5. The Bertz CT molecular complexity index is 486. The van der Waals surface area contributed by atoms with Gasteiger partial charge in [-0.05, 0) is 40.9 Å². The summed E-state index contributed by atoms with van der Waals surface area (Å²) in [6.07, 6.45) is 2.09. The third-order valence-electron chi connectivity index (χ3n) is 2.62. The van der Waals surface area contributed by atoms with Crippen LogP contribution in [0.5, 0.6) is 0 Å². The number of hydrogen-bond acceptors (Lipinski definition) is 1. The van der Waals surface area contributed by atoms with E-state index in [1.165, 1.54) is 5.52 Å². The topological polar surface area (TPSA) is 17.8 Å². The molecule has 0 saturated heterocycles. The lowest BCUT2D eigenvalue weighted by molar-refractivity contribution is 0.792. The molecule has 3 heteroatoms. The van der Waals surface area contributed by atoms with Crippen LogP contribution in [-0.4, -0.2) is 9.55 Å². The minimum absolute atomic E-state index is 0.468. The third-order valence-corrected chi connectivity index (χ3v) is 3.23. The van der Waals surface area contributed by atoms with E-state index in [9.17, 15) is 0 Å². The summed E-state index contributed by atoms with van der Waals surface area (Å²) in [5, 5.41) is 0. The van der Waals surface area contributed by atoms with Crippen molar-refractivity contribution in [2.75, 3.05) is 0 Å². The first-order valence-corrected chi connectivity index (χ1v) is 6.08. The molecule has 0 spiro atoms. The van der Waals surface area contributed by atoms with Gasteiger partial charge in [-0.3, -0.25) is 4.98 Å². The number of rotatable bonds is 2. The van der Waals surface area contributed by atoms with Gasteiger partial charge in [0, 0.05) is 22.9 Å². The highest BCUT2D eigenvalue weighted by Crippen LogP contribution is 2.27. The number of hydrogen-bond donors (Lipinski definition) is 0. The highest BCUT2D eigenvalue weighted by Gasteiger charge is 2.09. The largest absolute Gasteiger partial charge is 0.346 e. The molecule has 0 aromatic carbocycles. The van der Waals surface area contributed by atoms with Crippen molar-refractivity contribution >= 4 is 27.0 Å². The van der Waals surface area contributed by atoms with Crippen molar-refractivity contribution in [2.24, 2.45) is 0 Å². The van der Waals surface area contributed by atoms with Crippen LogP contribution in [0.3, 0.4) is 0 Å². The lowest BCUT2D eigenvalue weighted by atomic mass is 10.1. The predicted octanol–water partition coefficient (Wildman–Crippen LogP) is 3.94. The zero-order valence-electron chi connectivity index (χ0n) is 9.29. The van der Waals surface area contributed by atoms with Gasteiger partial charge in [0.25, 0.3) is 0 Å². The van der Waals surface area contributed by atoms with Crippen LogP contribution in [0, 0.1) is 0 Å². The molecule has 0 aliphatic rings. The molecule has 2 heterocycles. The second-order valence-electron chi connectivity index (χ2n) is 4.02. The molecule has 0 bridgehead atoms. The monoisotopic (exact) mass is 266 g/mol. The predicted molar refractivity (Wildman–Crippen MR) is 67.2 cm³/mol. The maximum absolute atomic E-state index is 4.65. The fourth-order valence-corrected chi connectivity index (χ4v) is 2.41. The zero-order chi connectivity index (χ0) is 11.0. The molecule has 15 heavy (non-hydrogen) atoms. The molecule has 0 N–H and O–H groups in total. The smallest absolute Gasteiger partial charge is 0.0896 e. The zero-order valence-corrected chi connectivity index (χ0v) is 10.9. The molecule has 0 atom stereocenters. The molecule has 2 aromatic heterocycles. The standard InChI is InChI=1S/C12H15BrN2/c1-4-15-6-5-10-12(15)9(13)7-11(14-10)8(2)3/h5-8H,4H2,1-3H3. The number of pyridine rings is 1. The van der Waals surface area contributed by atoms with Gasteiger partial charge in [0.2, 0.25) is 0 Å². The summed E-state index contributed by atoms with van der Waals surface area (Å²) in [7, 11) is 0. The van der Waals surface area contributed by atoms with E-state index in [1.54, 1.807) is 0 Å². The van der Waals surface area contributed by atoms with E-state index in [0.717, 1.165) is 22.2 Å². The maximum atomic E-state index is 4.65. The summed E-state index contributed by atoms with van der Waals surface area (Å²) in [4.78, 5) is 4.65. The summed E-state index contributed by atoms with van der Waals surface area (Å²) in [6.45, 7) is 7.45. The molecule has 0 amide bonds. The van der Waals surface area contributed by atoms with Gasteiger partial charge in [-0.1, -0.05) is 13.8 Å². The molecule has 0 radical (unpaired) electrons. The number of nitrogens with zero attached hydrogens (tertiary/aromatic N) is 2. The molecule has 80 valence electrons. The van der Waals surface area contributed by atoms with Crippen LogP contribution in [0.2, 0.25) is 0 Å². The van der Waals surface area contributed by atoms with Gasteiger partial charge >= 0.3 is 0 Å². The minimum Gasteiger partial charge on any atom is -0.346 e. The second-order valence-corrected chi connectivity index (χ2v) is 4.87. The van der Waals surface area contributed by atoms with E-state index in [4.69, 9.17) is 0 Å². The Morgan fingerprint density at radius 3 is 2.80 bits per heavy atom. The quantitative estimate of drug-likeness (QED) is 0.805. The van der Waals surface area contributed by atoms with E-state index < -0.39 is 0 Å². The highest BCUT2D eigenvalue weighted by molar-refractivity contribution is 9.10. The van der Waals surface area contributed by atoms with Crippen LogP contribution in [0.25, 0.3) is 11.0 Å². The van der Waals surface area contributed by atoms with Crippen LogP contribution >= 0.6 is 15.9 Å². The van der Waals surface area contributed by atoms with Crippen LogP contribution in [0.1, 0.15) is 32.4 Å². The Balaban J connectivity index is 2.69. The molecule has 0 aliphatic heterocycles. The fourth-order valence-electron chi connectivity index (χ4n) is 1.74. The molecular formula is C12H15BrN2. The lowest BCUT2D eigenvalue weighted by Gasteiger charge is -2.07. The van der Waals surface area contributed by atoms with Crippen molar-refractivity contribution in [1.82, 2.24) is 9.55 Å². The van der Waals surface area contributed by atoms with Crippen LogP contribution in [-0.2, 0) is 6.54 Å². The van der Waals surface area contributed by atoms with Gasteiger partial charge in [-0.25, -0.2) is 0 Å². The number of aryl methyl sites for hydroxylation is 1. The average molecular weight is 267 g/mol. The Morgan fingerprint density at radius 1 is 1.47 bits per heavy atom. The van der Waals surface area contributed by atoms with Gasteiger partial charge in [-0.2, -0.15) is 0 Å². The first kappa shape index (κ1) is 10.7. The van der Waals surface area contributed by atoms with Crippen molar-refractivity contribution in [2.45, 2.75) is 33.2 Å². The van der Waals surface area contributed by atoms with Gasteiger partial charge < -0.3 is 4.57 Å². The van der Waals surface area contributed by atoms with Gasteiger partial charge in [-0.15, -0.1) is 0 Å². The molecule has 0 unspecified atom stereocenters. The van der Waals surface area contributed by atoms with Crippen LogP contribution in [0.4, 0.5) is 0 Å². The molecule has 2 aromatic rings. The summed E-state index contributed by atoms with van der Waals surface area (Å²) in [5.41, 5.74) is 3.42.